The summed E-state index contributed by atoms with van der Waals surface area (Å²) in [5.74, 6) is 0.531. The van der Waals surface area contributed by atoms with Gasteiger partial charge in [-0.25, -0.2) is 9.97 Å². The molecule has 2 rings (SSSR count). The van der Waals surface area contributed by atoms with E-state index in [-0.39, 0.29) is 0 Å². The van der Waals surface area contributed by atoms with E-state index in [9.17, 15) is 0 Å². The Bertz CT molecular complexity index is 439. The van der Waals surface area contributed by atoms with Crippen molar-refractivity contribution < 1.29 is 0 Å². The van der Waals surface area contributed by atoms with Gasteiger partial charge in [0.2, 0.25) is 0 Å². The van der Waals surface area contributed by atoms with E-state index in [1.54, 1.807) is 29.2 Å². The molecule has 0 aromatic carbocycles. The van der Waals surface area contributed by atoms with Gasteiger partial charge in [0, 0.05) is 5.38 Å². The van der Waals surface area contributed by atoms with Gasteiger partial charge in [0.05, 0.1) is 0 Å². The average molecular weight is 223 g/mol. The zero-order valence-electron chi connectivity index (χ0n) is 7.60. The highest BCUT2D eigenvalue weighted by Gasteiger charge is 2.04. The fourth-order valence-corrected chi connectivity index (χ4v) is 2.46. The number of anilines is 1. The van der Waals surface area contributed by atoms with E-state index in [2.05, 4.69) is 9.97 Å². The second-order valence-electron chi connectivity index (χ2n) is 2.64. The number of hydrogen-bond donors (Lipinski definition) is 1. The van der Waals surface area contributed by atoms with Crippen LogP contribution in [0.25, 0.3) is 10.7 Å². The van der Waals surface area contributed by atoms with E-state index in [0.717, 1.165) is 15.7 Å². The molecule has 3 nitrogen and oxygen atoms in total. The fourth-order valence-electron chi connectivity index (χ4n) is 1.04. The summed E-state index contributed by atoms with van der Waals surface area (Å²) in [5, 5.41) is 3.96. The smallest absolute Gasteiger partial charge is 0.143 e. The molecule has 0 atom stereocenters. The Balaban J connectivity index is 2.39. The van der Waals surface area contributed by atoms with Crippen LogP contribution in [0.3, 0.4) is 0 Å². The fraction of sp³-hybridized carbons (Fsp3) is 0.111. The maximum atomic E-state index is 5.60. The summed E-state index contributed by atoms with van der Waals surface area (Å²) in [6.07, 6.45) is 2.01. The van der Waals surface area contributed by atoms with E-state index in [1.807, 2.05) is 23.8 Å². The Kier molecular flexibility index (Phi) is 2.69. The third-order valence-electron chi connectivity index (χ3n) is 1.68. The van der Waals surface area contributed by atoms with Crippen molar-refractivity contribution in [3.05, 3.63) is 23.6 Å². The van der Waals surface area contributed by atoms with Crippen molar-refractivity contribution in [1.29, 1.82) is 0 Å². The minimum absolute atomic E-state index is 0.531. The molecular weight excluding hydrogens is 214 g/mol. The van der Waals surface area contributed by atoms with Crippen LogP contribution in [0, 0.1) is 0 Å². The van der Waals surface area contributed by atoms with E-state index in [0.29, 0.717) is 5.82 Å². The molecule has 0 aliphatic rings. The van der Waals surface area contributed by atoms with Crippen LogP contribution in [0.2, 0.25) is 0 Å². The average Bonchev–Trinajstić information content (AvgIpc) is 2.66. The van der Waals surface area contributed by atoms with Crippen molar-refractivity contribution in [3.63, 3.8) is 0 Å². The number of rotatable bonds is 2. The minimum atomic E-state index is 0.531. The molecule has 72 valence electrons. The van der Waals surface area contributed by atoms with Gasteiger partial charge in [0.25, 0.3) is 0 Å². The molecule has 0 spiro atoms. The first-order chi connectivity index (χ1) is 6.79. The summed E-state index contributed by atoms with van der Waals surface area (Å²) >= 11 is 3.21. The first-order valence-corrected chi connectivity index (χ1v) is 6.12. The first-order valence-electron chi connectivity index (χ1n) is 4.02. The maximum Gasteiger partial charge on any atom is 0.143 e. The molecular formula is C9H9N3S2. The Labute approximate surface area is 90.4 Å². The molecule has 2 aromatic rings. The molecule has 2 N–H and O–H groups in total. The molecule has 0 unspecified atom stereocenters. The Morgan fingerprint density at radius 3 is 2.86 bits per heavy atom. The number of nitrogen functional groups attached to an aromatic ring is 1. The lowest BCUT2D eigenvalue weighted by Gasteiger charge is -1.95. The SMILES string of the molecule is CSc1csc(-c2cccc(N)n2)n1. The van der Waals surface area contributed by atoms with Crippen molar-refractivity contribution in [1.82, 2.24) is 9.97 Å². The van der Waals surface area contributed by atoms with Gasteiger partial charge in [-0.3, -0.25) is 0 Å². The second kappa shape index (κ2) is 3.98. The van der Waals surface area contributed by atoms with Gasteiger partial charge in [-0.15, -0.1) is 23.1 Å². The van der Waals surface area contributed by atoms with Gasteiger partial charge in [0.15, 0.2) is 0 Å². The maximum absolute atomic E-state index is 5.60. The number of nitrogens with two attached hydrogens (primary N) is 1. The predicted molar refractivity (Wildman–Crippen MR) is 61.5 cm³/mol. The van der Waals surface area contributed by atoms with Crippen LogP contribution < -0.4 is 5.73 Å². The zero-order valence-corrected chi connectivity index (χ0v) is 9.23. The van der Waals surface area contributed by atoms with Crippen LogP contribution in [-0.2, 0) is 0 Å². The molecule has 0 aliphatic carbocycles. The lowest BCUT2D eigenvalue weighted by molar-refractivity contribution is 1.19. The standard InChI is InChI=1S/C9H9N3S2/c1-13-8-5-14-9(12-8)6-3-2-4-7(10)11-6/h2-5H,1H3,(H2,10,11). The normalized spacial score (nSPS) is 10.4. The van der Waals surface area contributed by atoms with Gasteiger partial charge in [-0.1, -0.05) is 6.07 Å². The van der Waals surface area contributed by atoms with Crippen LogP contribution in [0.4, 0.5) is 5.82 Å². The summed E-state index contributed by atoms with van der Waals surface area (Å²) in [6, 6.07) is 5.57. The minimum Gasteiger partial charge on any atom is -0.384 e. The van der Waals surface area contributed by atoms with Gasteiger partial charge in [0.1, 0.15) is 21.5 Å². The Morgan fingerprint density at radius 2 is 2.21 bits per heavy atom. The van der Waals surface area contributed by atoms with Crippen LogP contribution in [0.5, 0.6) is 0 Å². The molecule has 0 radical (unpaired) electrons. The van der Waals surface area contributed by atoms with Gasteiger partial charge >= 0.3 is 0 Å². The monoisotopic (exact) mass is 223 g/mol. The lowest BCUT2D eigenvalue weighted by Crippen LogP contribution is -1.90. The summed E-state index contributed by atoms with van der Waals surface area (Å²) in [7, 11) is 0. The molecule has 0 aliphatic heterocycles. The van der Waals surface area contributed by atoms with Crippen LogP contribution in [-0.4, -0.2) is 16.2 Å². The third-order valence-corrected chi connectivity index (χ3v) is 3.32. The number of nitrogens with zero attached hydrogens (tertiary/aromatic N) is 2. The first kappa shape index (κ1) is 9.48. The van der Waals surface area contributed by atoms with Crippen molar-refractivity contribution in [2.24, 2.45) is 0 Å². The molecule has 14 heavy (non-hydrogen) atoms. The third kappa shape index (κ3) is 1.88. The topological polar surface area (TPSA) is 51.8 Å². The lowest BCUT2D eigenvalue weighted by atomic mass is 10.3. The van der Waals surface area contributed by atoms with E-state index in [4.69, 9.17) is 5.73 Å². The number of thiazole rings is 1. The molecule has 0 saturated carbocycles. The van der Waals surface area contributed by atoms with Gasteiger partial charge < -0.3 is 5.73 Å². The number of thioether (sulfide) groups is 1. The Morgan fingerprint density at radius 1 is 1.36 bits per heavy atom. The highest BCUT2D eigenvalue weighted by molar-refractivity contribution is 7.98. The number of aromatic nitrogens is 2. The molecule has 2 aromatic heterocycles. The summed E-state index contributed by atoms with van der Waals surface area (Å²) < 4.78 is 0. The van der Waals surface area contributed by atoms with E-state index in [1.165, 1.54) is 0 Å². The molecule has 0 saturated heterocycles. The summed E-state index contributed by atoms with van der Waals surface area (Å²) in [4.78, 5) is 8.61. The second-order valence-corrected chi connectivity index (χ2v) is 4.33. The van der Waals surface area contributed by atoms with Crippen molar-refractivity contribution in [2.75, 3.05) is 12.0 Å². The number of pyridine rings is 1. The Hall–Kier alpha value is -1.07. The van der Waals surface area contributed by atoms with Crippen molar-refractivity contribution in [2.45, 2.75) is 5.03 Å². The molecule has 5 heteroatoms. The summed E-state index contributed by atoms with van der Waals surface area (Å²) in [6.45, 7) is 0. The van der Waals surface area contributed by atoms with Gasteiger partial charge in [-0.2, -0.15) is 0 Å². The molecule has 0 fully saturated rings. The van der Waals surface area contributed by atoms with Crippen molar-refractivity contribution in [3.8, 4) is 10.7 Å². The quantitative estimate of drug-likeness (QED) is 0.795. The number of hydrogen-bond acceptors (Lipinski definition) is 5. The van der Waals surface area contributed by atoms with Gasteiger partial charge in [-0.05, 0) is 18.4 Å². The zero-order chi connectivity index (χ0) is 9.97. The summed E-state index contributed by atoms with van der Waals surface area (Å²) in [5.41, 5.74) is 6.44. The largest absolute Gasteiger partial charge is 0.384 e. The predicted octanol–water partition coefficient (Wildman–Crippen LogP) is 2.51. The van der Waals surface area contributed by atoms with Crippen LogP contribution in [0.1, 0.15) is 0 Å². The molecule has 2 heterocycles. The highest BCUT2D eigenvalue weighted by atomic mass is 32.2. The molecule has 0 amide bonds. The van der Waals surface area contributed by atoms with Crippen LogP contribution in [0.15, 0.2) is 28.6 Å². The van der Waals surface area contributed by atoms with Crippen molar-refractivity contribution >= 4 is 28.9 Å². The highest BCUT2D eigenvalue weighted by Crippen LogP contribution is 2.26. The molecule has 0 bridgehead atoms. The van der Waals surface area contributed by atoms with Crippen LogP contribution >= 0.6 is 23.1 Å². The van der Waals surface area contributed by atoms with E-state index >= 15 is 0 Å². The van der Waals surface area contributed by atoms with E-state index < -0.39 is 0 Å².